The highest BCUT2D eigenvalue weighted by Crippen LogP contribution is 2.41. The van der Waals surface area contributed by atoms with E-state index >= 15 is 0 Å². The van der Waals surface area contributed by atoms with Gasteiger partial charge in [-0.1, -0.05) is 30.3 Å². The summed E-state index contributed by atoms with van der Waals surface area (Å²) in [5.41, 5.74) is 1.10. The SMILES string of the molecule is O=C1CCCC2(CCC(=O)N2CCc2ccccc2)C1. The molecule has 1 heterocycles. The van der Waals surface area contributed by atoms with E-state index in [1.807, 2.05) is 23.1 Å². The van der Waals surface area contributed by atoms with Crippen molar-refractivity contribution < 1.29 is 9.59 Å². The second kappa shape index (κ2) is 5.39. The van der Waals surface area contributed by atoms with Crippen molar-refractivity contribution >= 4 is 11.7 Å². The van der Waals surface area contributed by atoms with Gasteiger partial charge < -0.3 is 4.90 Å². The maximum absolute atomic E-state index is 12.2. The van der Waals surface area contributed by atoms with Gasteiger partial charge in [0.1, 0.15) is 5.78 Å². The Kier molecular flexibility index (Phi) is 3.60. The molecule has 0 N–H and O–H groups in total. The largest absolute Gasteiger partial charge is 0.336 e. The molecule has 3 nitrogen and oxygen atoms in total. The molecule has 1 aliphatic heterocycles. The number of hydrogen-bond donors (Lipinski definition) is 0. The molecule has 1 unspecified atom stereocenters. The number of nitrogens with zero attached hydrogens (tertiary/aromatic N) is 1. The number of Topliss-reactive ketones (excluding diaryl/α,β-unsaturated/α-hetero) is 1. The minimum absolute atomic E-state index is 0.152. The van der Waals surface area contributed by atoms with Crippen LogP contribution in [-0.2, 0) is 16.0 Å². The van der Waals surface area contributed by atoms with Gasteiger partial charge in [0.25, 0.3) is 0 Å². The predicted octanol–water partition coefficient (Wildman–Crippen LogP) is 2.73. The first kappa shape index (κ1) is 13.3. The number of amides is 1. The summed E-state index contributed by atoms with van der Waals surface area (Å²) in [7, 11) is 0. The molecule has 1 spiro atoms. The smallest absolute Gasteiger partial charge is 0.223 e. The van der Waals surface area contributed by atoms with Crippen molar-refractivity contribution in [2.24, 2.45) is 0 Å². The van der Waals surface area contributed by atoms with Gasteiger partial charge in [-0.3, -0.25) is 9.59 Å². The molecule has 1 aromatic rings. The summed E-state index contributed by atoms with van der Waals surface area (Å²) < 4.78 is 0. The Labute approximate surface area is 120 Å². The van der Waals surface area contributed by atoms with Crippen molar-refractivity contribution in [3.05, 3.63) is 35.9 Å². The fraction of sp³-hybridized carbons (Fsp3) is 0.529. The lowest BCUT2D eigenvalue weighted by Gasteiger charge is -2.41. The molecule has 1 amide bonds. The van der Waals surface area contributed by atoms with E-state index in [1.165, 1.54) is 5.56 Å². The molecule has 1 atom stereocenters. The fourth-order valence-electron chi connectivity index (χ4n) is 3.72. The molecule has 1 saturated heterocycles. The zero-order valence-electron chi connectivity index (χ0n) is 11.8. The minimum Gasteiger partial charge on any atom is -0.336 e. The van der Waals surface area contributed by atoms with Crippen LogP contribution in [0.15, 0.2) is 30.3 Å². The quantitative estimate of drug-likeness (QED) is 0.847. The van der Waals surface area contributed by atoms with Crippen LogP contribution in [0.25, 0.3) is 0 Å². The summed E-state index contributed by atoms with van der Waals surface area (Å²) in [5, 5.41) is 0. The third-order valence-corrected chi connectivity index (χ3v) is 4.77. The van der Waals surface area contributed by atoms with Gasteiger partial charge in [0.05, 0.1) is 5.54 Å². The Morgan fingerprint density at radius 1 is 1.05 bits per heavy atom. The molecule has 3 rings (SSSR count). The van der Waals surface area contributed by atoms with Gasteiger partial charge in [-0.05, 0) is 31.2 Å². The monoisotopic (exact) mass is 271 g/mol. The predicted molar refractivity (Wildman–Crippen MR) is 77.3 cm³/mol. The molecule has 1 aromatic carbocycles. The van der Waals surface area contributed by atoms with Gasteiger partial charge in [0, 0.05) is 25.8 Å². The molecule has 0 bridgehead atoms. The lowest BCUT2D eigenvalue weighted by Crippen LogP contribution is -2.49. The van der Waals surface area contributed by atoms with Crippen LogP contribution in [0, 0.1) is 0 Å². The van der Waals surface area contributed by atoms with E-state index in [0.29, 0.717) is 25.0 Å². The van der Waals surface area contributed by atoms with Gasteiger partial charge in [-0.15, -0.1) is 0 Å². The van der Waals surface area contributed by atoms with Crippen LogP contribution in [-0.4, -0.2) is 28.7 Å². The first-order chi connectivity index (χ1) is 9.70. The first-order valence-electron chi connectivity index (χ1n) is 7.56. The van der Waals surface area contributed by atoms with E-state index in [1.54, 1.807) is 0 Å². The maximum Gasteiger partial charge on any atom is 0.223 e. The molecule has 0 aromatic heterocycles. The van der Waals surface area contributed by atoms with E-state index in [2.05, 4.69) is 12.1 Å². The average molecular weight is 271 g/mol. The van der Waals surface area contributed by atoms with Crippen LogP contribution in [0.2, 0.25) is 0 Å². The van der Waals surface area contributed by atoms with Crippen molar-refractivity contribution in [1.82, 2.24) is 4.90 Å². The van der Waals surface area contributed by atoms with Crippen LogP contribution >= 0.6 is 0 Å². The molecule has 0 radical (unpaired) electrons. The van der Waals surface area contributed by atoms with E-state index in [-0.39, 0.29) is 11.4 Å². The van der Waals surface area contributed by atoms with Gasteiger partial charge in [0.15, 0.2) is 0 Å². The van der Waals surface area contributed by atoms with E-state index in [4.69, 9.17) is 0 Å². The molecule has 1 saturated carbocycles. The van der Waals surface area contributed by atoms with Crippen molar-refractivity contribution in [1.29, 1.82) is 0 Å². The molecular weight excluding hydrogens is 250 g/mol. The number of carbonyl (C=O) groups is 2. The standard InChI is InChI=1S/C17H21NO2/c19-15-7-4-10-17(13-15)11-8-16(20)18(17)12-9-14-5-2-1-3-6-14/h1-3,5-6H,4,7-13H2. The lowest BCUT2D eigenvalue weighted by molar-refractivity contribution is -0.134. The van der Waals surface area contributed by atoms with Gasteiger partial charge in [-0.2, -0.15) is 0 Å². The van der Waals surface area contributed by atoms with E-state index in [9.17, 15) is 9.59 Å². The zero-order valence-corrected chi connectivity index (χ0v) is 11.8. The third-order valence-electron chi connectivity index (χ3n) is 4.77. The highest BCUT2D eigenvalue weighted by atomic mass is 16.2. The number of likely N-dealkylation sites (tertiary alicyclic amines) is 1. The summed E-state index contributed by atoms with van der Waals surface area (Å²) in [5.74, 6) is 0.561. The van der Waals surface area contributed by atoms with Crippen LogP contribution in [0.5, 0.6) is 0 Å². The Bertz CT molecular complexity index is 511. The minimum atomic E-state index is -0.152. The molecule has 20 heavy (non-hydrogen) atoms. The normalized spacial score (nSPS) is 26.5. The fourth-order valence-corrected chi connectivity index (χ4v) is 3.72. The summed E-state index contributed by atoms with van der Waals surface area (Å²) in [6, 6.07) is 10.3. The van der Waals surface area contributed by atoms with Gasteiger partial charge >= 0.3 is 0 Å². The van der Waals surface area contributed by atoms with Crippen LogP contribution < -0.4 is 0 Å². The number of hydrogen-bond acceptors (Lipinski definition) is 2. The Morgan fingerprint density at radius 3 is 2.60 bits per heavy atom. The highest BCUT2D eigenvalue weighted by Gasteiger charge is 2.47. The summed E-state index contributed by atoms with van der Waals surface area (Å²) in [6.07, 6.45) is 5.57. The number of ketones is 1. The second-order valence-electron chi connectivity index (χ2n) is 6.07. The van der Waals surface area contributed by atoms with Gasteiger partial charge in [-0.25, -0.2) is 0 Å². The third kappa shape index (κ3) is 2.49. The average Bonchev–Trinajstić information content (AvgIpc) is 2.74. The van der Waals surface area contributed by atoms with Crippen LogP contribution in [0.4, 0.5) is 0 Å². The topological polar surface area (TPSA) is 37.4 Å². The number of benzene rings is 1. The summed E-state index contributed by atoms with van der Waals surface area (Å²) in [6.45, 7) is 0.746. The summed E-state index contributed by atoms with van der Waals surface area (Å²) >= 11 is 0. The molecule has 3 heteroatoms. The number of carbonyl (C=O) groups excluding carboxylic acids is 2. The summed E-state index contributed by atoms with van der Waals surface area (Å²) in [4.78, 5) is 26.0. The molecule has 1 aliphatic carbocycles. The maximum atomic E-state index is 12.2. The van der Waals surface area contributed by atoms with Gasteiger partial charge in [0.2, 0.25) is 5.91 Å². The van der Waals surface area contributed by atoms with Crippen molar-refractivity contribution in [2.75, 3.05) is 6.54 Å². The van der Waals surface area contributed by atoms with Crippen LogP contribution in [0.3, 0.4) is 0 Å². The Morgan fingerprint density at radius 2 is 1.85 bits per heavy atom. The van der Waals surface area contributed by atoms with Crippen molar-refractivity contribution in [2.45, 2.75) is 50.5 Å². The number of rotatable bonds is 3. The molecule has 106 valence electrons. The Balaban J connectivity index is 1.72. The molecule has 2 fully saturated rings. The van der Waals surface area contributed by atoms with Crippen molar-refractivity contribution in [3.8, 4) is 0 Å². The second-order valence-corrected chi connectivity index (χ2v) is 6.07. The van der Waals surface area contributed by atoms with Crippen LogP contribution in [0.1, 0.15) is 44.1 Å². The molecular formula is C17H21NO2. The van der Waals surface area contributed by atoms with E-state index in [0.717, 1.165) is 32.2 Å². The highest BCUT2D eigenvalue weighted by molar-refractivity contribution is 5.85. The molecule has 2 aliphatic rings. The lowest BCUT2D eigenvalue weighted by atomic mass is 9.79. The Hall–Kier alpha value is -1.64. The van der Waals surface area contributed by atoms with E-state index < -0.39 is 0 Å². The first-order valence-corrected chi connectivity index (χ1v) is 7.56. The zero-order chi connectivity index (χ0) is 14.0. The van der Waals surface area contributed by atoms with Crippen molar-refractivity contribution in [3.63, 3.8) is 0 Å².